The van der Waals surface area contributed by atoms with Gasteiger partial charge in [-0.25, -0.2) is 0 Å². The number of carbonyl (C=O) groups excluding carboxylic acids is 1. The number of aliphatic hydroxyl groups is 7. The highest BCUT2D eigenvalue weighted by atomic mass is 16.7. The van der Waals surface area contributed by atoms with Gasteiger partial charge in [0.05, 0.1) is 31.3 Å². The predicted molar refractivity (Wildman–Crippen MR) is 139 cm³/mol. The molecule has 0 aromatic rings. The van der Waals surface area contributed by atoms with Crippen molar-refractivity contribution in [3.63, 3.8) is 0 Å². The average Bonchev–Trinajstić information content (AvgIpc) is 3.19. The van der Waals surface area contributed by atoms with Gasteiger partial charge in [-0.15, -0.1) is 0 Å². The molecule has 0 aromatic carbocycles. The minimum absolute atomic E-state index is 0.118. The minimum Gasteiger partial charge on any atom is -0.391 e. The maximum atomic E-state index is 12.7. The van der Waals surface area contributed by atoms with E-state index in [9.17, 15) is 40.5 Å². The van der Waals surface area contributed by atoms with Crippen molar-refractivity contribution >= 4 is 11.6 Å². The summed E-state index contributed by atoms with van der Waals surface area (Å²) in [5, 5.41) is 79.4. The number of nitrogens with two attached hydrogens (primary N) is 2. The molecule has 20 N–H and O–H groups in total. The molecular weight excluding hydrogens is 562 g/mol. The first kappa shape index (κ1) is 35.1. The molecule has 2 aliphatic heterocycles. The first-order valence-electron chi connectivity index (χ1n) is 14.4. The standard InChI is InChI=1S/C25H47N5O12/c1-8(31)21-19(37)18(36)15(30)24(40-21)41-22-10(27)6-9(7-12(33)11(32)4-5-26)16(34)23(22)42-25-20(38)17(35)13(39-25)2-3-14(28)29/h8-11,13,15-25,31-32,34-38H,2-7,26-27,30H2,1H3,(H3,28,29)/p+4/t8-,9+,10?,11?,13-,15?,16?,17+,18-,19+,20?,21?,22-,23-,24-,25+/m1/s1. The van der Waals surface area contributed by atoms with Crippen molar-refractivity contribution in [3.05, 3.63) is 0 Å². The minimum atomic E-state index is -1.52. The smallest absolute Gasteiger partial charge is 0.238 e. The Hall–Kier alpha value is -1.42. The number of Topliss-reactive ketones (excluding diaryl/α,β-unsaturated/α-hetero) is 1. The molecule has 0 radical (unpaired) electrons. The number of hydrogen-bond donors (Lipinski definition) is 12. The maximum absolute atomic E-state index is 12.7. The molecule has 244 valence electrons. The van der Waals surface area contributed by atoms with E-state index >= 15 is 0 Å². The van der Waals surface area contributed by atoms with Crippen molar-refractivity contribution in [2.75, 3.05) is 6.54 Å². The fourth-order valence-electron chi connectivity index (χ4n) is 5.85. The van der Waals surface area contributed by atoms with Gasteiger partial charge in [-0.1, -0.05) is 0 Å². The molecule has 17 nitrogen and oxygen atoms in total. The Kier molecular flexibility index (Phi) is 12.6. The average molecular weight is 614 g/mol. The van der Waals surface area contributed by atoms with Crippen LogP contribution >= 0.6 is 0 Å². The van der Waals surface area contributed by atoms with Gasteiger partial charge in [0.25, 0.3) is 0 Å². The topological polar surface area (TPSA) is 330 Å². The van der Waals surface area contributed by atoms with Crippen LogP contribution in [0.5, 0.6) is 0 Å². The van der Waals surface area contributed by atoms with Gasteiger partial charge < -0.3 is 71.9 Å². The summed E-state index contributed by atoms with van der Waals surface area (Å²) in [7, 11) is 0. The molecule has 0 amide bonds. The Morgan fingerprint density at radius 3 is 2.21 bits per heavy atom. The Labute approximate surface area is 243 Å². The highest BCUT2D eigenvalue weighted by Gasteiger charge is 2.55. The Bertz CT molecular complexity index is 904. The summed E-state index contributed by atoms with van der Waals surface area (Å²) in [6.07, 6.45) is -16.2. The maximum Gasteiger partial charge on any atom is 0.238 e. The number of ether oxygens (including phenoxy) is 4. The zero-order valence-electron chi connectivity index (χ0n) is 23.9. The molecule has 0 bridgehead atoms. The van der Waals surface area contributed by atoms with Crippen LogP contribution in [0.25, 0.3) is 0 Å². The third-order valence-corrected chi connectivity index (χ3v) is 8.39. The van der Waals surface area contributed by atoms with E-state index in [1.807, 2.05) is 0 Å². The van der Waals surface area contributed by atoms with E-state index in [0.717, 1.165) is 0 Å². The van der Waals surface area contributed by atoms with Gasteiger partial charge >= 0.3 is 0 Å². The Morgan fingerprint density at radius 2 is 1.62 bits per heavy atom. The van der Waals surface area contributed by atoms with E-state index in [2.05, 4.69) is 17.2 Å². The van der Waals surface area contributed by atoms with Crippen molar-refractivity contribution in [2.24, 2.45) is 11.7 Å². The van der Waals surface area contributed by atoms with Crippen LogP contribution in [0, 0.1) is 5.92 Å². The Balaban J connectivity index is 1.85. The lowest BCUT2D eigenvalue weighted by molar-refractivity contribution is -0.520. The lowest BCUT2D eigenvalue weighted by Crippen LogP contribution is -2.80. The SMILES string of the molecule is C[C@@H](O)C1O[C@H](O[C@@H]2C([NH3+])C[C@@H](CC(=O)C(O)CC[NH3+])C(O)[C@H]2O[C@@H]2O[C@H](CCC(N)=[NH2+])[C@H](O)C2O)C([NH3+])[C@@H](O)[C@@H]1O. The first-order chi connectivity index (χ1) is 19.7. The lowest BCUT2D eigenvalue weighted by atomic mass is 9.76. The number of aliphatic hydroxyl groups excluding tert-OH is 7. The van der Waals surface area contributed by atoms with Crippen LogP contribution in [0.4, 0.5) is 0 Å². The molecule has 3 rings (SSSR count). The van der Waals surface area contributed by atoms with Gasteiger partial charge in [0.2, 0.25) is 12.1 Å². The van der Waals surface area contributed by atoms with E-state index in [1.165, 1.54) is 6.92 Å². The quantitative estimate of drug-likeness (QED) is 0.0679. The second-order valence-corrected chi connectivity index (χ2v) is 11.8. The van der Waals surface area contributed by atoms with Crippen LogP contribution in [0.3, 0.4) is 0 Å². The molecule has 1 aliphatic carbocycles. The van der Waals surface area contributed by atoms with E-state index < -0.39 is 104 Å². The fourth-order valence-corrected chi connectivity index (χ4v) is 5.85. The third kappa shape index (κ3) is 7.99. The molecule has 0 spiro atoms. The number of carbonyl (C=O) groups is 1. The van der Waals surface area contributed by atoms with Crippen LogP contribution in [0.15, 0.2) is 0 Å². The zero-order chi connectivity index (χ0) is 31.5. The van der Waals surface area contributed by atoms with Crippen molar-refractivity contribution in [3.8, 4) is 0 Å². The largest absolute Gasteiger partial charge is 0.391 e. The first-order valence-corrected chi connectivity index (χ1v) is 14.4. The van der Waals surface area contributed by atoms with Crippen LogP contribution in [0.2, 0.25) is 0 Å². The van der Waals surface area contributed by atoms with E-state index in [-0.39, 0.29) is 37.9 Å². The van der Waals surface area contributed by atoms with Gasteiger partial charge in [-0.2, -0.15) is 0 Å². The predicted octanol–water partition coefficient (Wildman–Crippen LogP) is -9.52. The monoisotopic (exact) mass is 613 g/mol. The van der Waals surface area contributed by atoms with Crippen molar-refractivity contribution < 1.29 is 82.1 Å². The summed E-state index contributed by atoms with van der Waals surface area (Å²) in [5.74, 6) is -1.09. The van der Waals surface area contributed by atoms with Gasteiger partial charge in [-0.3, -0.25) is 15.9 Å². The second-order valence-electron chi connectivity index (χ2n) is 11.8. The van der Waals surface area contributed by atoms with Gasteiger partial charge in [0, 0.05) is 25.2 Å². The molecule has 2 saturated heterocycles. The van der Waals surface area contributed by atoms with Crippen LogP contribution in [-0.4, -0.2) is 146 Å². The van der Waals surface area contributed by atoms with Crippen LogP contribution in [0.1, 0.15) is 39.0 Å². The molecule has 42 heavy (non-hydrogen) atoms. The number of quaternary nitrogens is 3. The summed E-state index contributed by atoms with van der Waals surface area (Å²) in [4.78, 5) is 12.7. The van der Waals surface area contributed by atoms with Gasteiger partial charge in [0.15, 0.2) is 18.1 Å². The molecule has 2 heterocycles. The lowest BCUT2D eigenvalue weighted by Gasteiger charge is -2.46. The number of ketones is 1. The summed E-state index contributed by atoms with van der Waals surface area (Å²) >= 11 is 0. The summed E-state index contributed by atoms with van der Waals surface area (Å²) in [6.45, 7) is 1.72. The number of amidine groups is 1. The molecule has 3 aliphatic rings. The summed E-state index contributed by atoms with van der Waals surface area (Å²) < 4.78 is 23.7. The van der Waals surface area contributed by atoms with Gasteiger partial charge in [-0.05, 0) is 13.3 Å². The fraction of sp³-hybridized carbons (Fsp3) is 0.920. The molecule has 0 aromatic heterocycles. The van der Waals surface area contributed by atoms with Crippen molar-refractivity contribution in [2.45, 2.75) is 131 Å². The normalized spacial score (nSPS) is 44.1. The molecule has 6 unspecified atom stereocenters. The van der Waals surface area contributed by atoms with Gasteiger partial charge in [0.1, 0.15) is 54.9 Å². The number of hydrogen-bond acceptors (Lipinski definition) is 12. The highest BCUT2D eigenvalue weighted by molar-refractivity contribution is 5.83. The number of rotatable bonds is 13. The van der Waals surface area contributed by atoms with E-state index in [4.69, 9.17) is 30.1 Å². The van der Waals surface area contributed by atoms with E-state index in [0.29, 0.717) is 6.54 Å². The molecule has 16 atom stereocenters. The van der Waals surface area contributed by atoms with Crippen molar-refractivity contribution in [1.29, 1.82) is 0 Å². The molecule has 1 saturated carbocycles. The molecule has 17 heteroatoms. The molecule has 3 fully saturated rings. The summed E-state index contributed by atoms with van der Waals surface area (Å²) in [6, 6.07) is -1.67. The zero-order valence-corrected chi connectivity index (χ0v) is 23.9. The third-order valence-electron chi connectivity index (χ3n) is 8.39. The van der Waals surface area contributed by atoms with Crippen LogP contribution in [-0.2, 0) is 23.7 Å². The molecular formula is C25H51N5O12+4. The Morgan fingerprint density at radius 1 is 0.976 bits per heavy atom. The second kappa shape index (κ2) is 15.0. The van der Waals surface area contributed by atoms with Crippen LogP contribution < -0.4 is 28.3 Å². The summed E-state index contributed by atoms with van der Waals surface area (Å²) in [5.41, 5.74) is 17.1. The highest BCUT2D eigenvalue weighted by Crippen LogP contribution is 2.36. The van der Waals surface area contributed by atoms with E-state index in [1.54, 1.807) is 0 Å². The van der Waals surface area contributed by atoms with Crippen molar-refractivity contribution in [1.82, 2.24) is 0 Å².